The van der Waals surface area contributed by atoms with Crippen molar-refractivity contribution in [2.45, 2.75) is 20.0 Å². The van der Waals surface area contributed by atoms with Gasteiger partial charge >= 0.3 is 5.63 Å². The quantitative estimate of drug-likeness (QED) is 0.600. The second kappa shape index (κ2) is 4.41. The van der Waals surface area contributed by atoms with E-state index in [1.807, 2.05) is 6.92 Å². The second-order valence-corrected chi connectivity index (χ2v) is 3.87. The van der Waals surface area contributed by atoms with E-state index >= 15 is 0 Å². The molecule has 0 unspecified atom stereocenters. The van der Waals surface area contributed by atoms with Crippen LogP contribution in [0, 0.1) is 6.92 Å². The average molecular weight is 232 g/mol. The first-order valence-corrected chi connectivity index (χ1v) is 5.26. The van der Waals surface area contributed by atoms with Crippen LogP contribution in [-0.4, -0.2) is 12.4 Å². The molecule has 0 aliphatic rings. The lowest BCUT2D eigenvalue weighted by Crippen LogP contribution is -2.12. The molecule has 1 aromatic heterocycles. The molecule has 0 aliphatic carbocycles. The maximum Gasteiger partial charge on any atom is 0.336 e. The lowest BCUT2D eigenvalue weighted by Gasteiger charge is -2.09. The maximum atomic E-state index is 11.2. The Bertz CT molecular complexity index is 612. The number of hydrogen-bond acceptors (Lipinski definition) is 4. The number of benzene rings is 1. The van der Waals surface area contributed by atoms with E-state index in [4.69, 9.17) is 9.15 Å². The van der Waals surface area contributed by atoms with E-state index in [2.05, 4.69) is 0 Å². The lowest BCUT2D eigenvalue weighted by molar-refractivity contribution is -0.113. The van der Waals surface area contributed by atoms with Gasteiger partial charge in [0.1, 0.15) is 11.3 Å². The predicted molar refractivity (Wildman–Crippen MR) is 63.4 cm³/mol. The summed E-state index contributed by atoms with van der Waals surface area (Å²) < 4.78 is 10.4. The summed E-state index contributed by atoms with van der Waals surface area (Å²) >= 11 is 0. The molecule has 0 amide bonds. The molecule has 0 bridgehead atoms. The Morgan fingerprint density at radius 3 is 2.82 bits per heavy atom. The summed E-state index contributed by atoms with van der Waals surface area (Å²) in [5.74, 6) is 0.505. The van der Waals surface area contributed by atoms with Crippen LogP contribution in [0.2, 0.25) is 0 Å². The van der Waals surface area contributed by atoms with Crippen LogP contribution in [0.3, 0.4) is 0 Å². The van der Waals surface area contributed by atoms with Crippen molar-refractivity contribution in [3.05, 3.63) is 40.2 Å². The molecule has 88 valence electrons. The largest absolute Gasteiger partial charge is 0.483 e. The summed E-state index contributed by atoms with van der Waals surface area (Å²) in [6.07, 6.45) is 0.181. The fourth-order valence-corrected chi connectivity index (χ4v) is 1.62. The highest BCUT2D eigenvalue weighted by Gasteiger charge is 2.06. The van der Waals surface area contributed by atoms with Crippen molar-refractivity contribution in [2.24, 2.45) is 0 Å². The van der Waals surface area contributed by atoms with Gasteiger partial charge in [0.15, 0.2) is 12.4 Å². The molecule has 0 aliphatic heterocycles. The number of carbonyl (C=O) groups excluding carboxylic acids is 1. The fraction of sp³-hybridized carbons (Fsp3) is 0.231. The van der Waals surface area contributed by atoms with E-state index in [0.29, 0.717) is 17.6 Å². The fourth-order valence-electron chi connectivity index (χ4n) is 1.62. The summed E-state index contributed by atoms with van der Waals surface area (Å²) in [6, 6.07) is 6.61. The summed E-state index contributed by atoms with van der Waals surface area (Å²) in [7, 11) is 0. The first kappa shape index (κ1) is 11.4. The van der Waals surface area contributed by atoms with Crippen molar-refractivity contribution in [2.75, 3.05) is 0 Å². The first-order valence-electron chi connectivity index (χ1n) is 5.26. The Morgan fingerprint density at radius 1 is 1.35 bits per heavy atom. The predicted octanol–water partition coefficient (Wildman–Crippen LogP) is 2.07. The third kappa shape index (κ3) is 2.36. The van der Waals surface area contributed by atoms with E-state index in [9.17, 15) is 9.59 Å². The van der Waals surface area contributed by atoms with Gasteiger partial charge in [0.05, 0.1) is 0 Å². The molecule has 2 aromatic rings. The molecule has 1 heterocycles. The van der Waals surface area contributed by atoms with Crippen LogP contribution in [0.15, 0.2) is 33.5 Å². The summed E-state index contributed by atoms with van der Waals surface area (Å²) in [6.45, 7) is 3.48. The van der Waals surface area contributed by atoms with E-state index in [0.717, 1.165) is 10.9 Å². The molecule has 1 aromatic carbocycles. The third-order valence-corrected chi connectivity index (χ3v) is 2.44. The molecular formula is C13H12O4. The van der Waals surface area contributed by atoms with Gasteiger partial charge in [-0.1, -0.05) is 0 Å². The monoisotopic (exact) mass is 232 g/mol. The molecule has 0 spiro atoms. The maximum absolute atomic E-state index is 11.2. The van der Waals surface area contributed by atoms with Gasteiger partial charge in [-0.3, -0.25) is 4.79 Å². The van der Waals surface area contributed by atoms with Crippen LogP contribution in [0.25, 0.3) is 11.0 Å². The van der Waals surface area contributed by atoms with Crippen LogP contribution >= 0.6 is 0 Å². The third-order valence-electron chi connectivity index (χ3n) is 2.44. The zero-order valence-corrected chi connectivity index (χ0v) is 9.60. The van der Waals surface area contributed by atoms with Gasteiger partial charge in [-0.15, -0.1) is 0 Å². The zero-order valence-electron chi connectivity index (χ0n) is 9.60. The molecule has 0 saturated heterocycles. The van der Waals surface area contributed by atoms with Gasteiger partial charge in [0, 0.05) is 17.5 Å². The van der Waals surface area contributed by atoms with Gasteiger partial charge in [0.2, 0.25) is 0 Å². The number of rotatable bonds is 3. The number of fused-ring (bicyclic) bond motifs is 1. The van der Waals surface area contributed by atoms with Gasteiger partial charge in [-0.05, 0) is 31.5 Å². The minimum absolute atomic E-state index is 0.393. The number of carbonyl (C=O) groups is 1. The Morgan fingerprint density at radius 2 is 2.12 bits per heavy atom. The highest BCUT2D eigenvalue weighted by atomic mass is 16.5. The van der Waals surface area contributed by atoms with E-state index < -0.39 is 11.7 Å². The molecule has 0 N–H and O–H groups in total. The van der Waals surface area contributed by atoms with Crippen molar-refractivity contribution in [1.82, 2.24) is 0 Å². The molecule has 2 rings (SSSR count). The molecule has 0 radical (unpaired) electrons. The Balaban J connectivity index is 2.50. The molecule has 4 heteroatoms. The normalized spacial score (nSPS) is 12.4. The molecule has 0 saturated carbocycles. The summed E-state index contributed by atoms with van der Waals surface area (Å²) in [4.78, 5) is 21.7. The van der Waals surface area contributed by atoms with Crippen molar-refractivity contribution in [1.29, 1.82) is 0 Å². The van der Waals surface area contributed by atoms with Crippen LogP contribution in [0.5, 0.6) is 5.75 Å². The molecule has 4 nitrogen and oxygen atoms in total. The highest BCUT2D eigenvalue weighted by Crippen LogP contribution is 2.22. The number of aldehydes is 1. The minimum atomic E-state index is -0.524. The summed E-state index contributed by atoms with van der Waals surface area (Å²) in [5.41, 5.74) is 0.924. The van der Waals surface area contributed by atoms with E-state index in [1.54, 1.807) is 25.1 Å². The lowest BCUT2D eigenvalue weighted by atomic mass is 10.1. The average Bonchev–Trinajstić information content (AvgIpc) is 2.28. The van der Waals surface area contributed by atoms with Crippen molar-refractivity contribution in [3.63, 3.8) is 0 Å². The minimum Gasteiger partial charge on any atom is -0.483 e. The smallest absolute Gasteiger partial charge is 0.336 e. The Kier molecular flexibility index (Phi) is 2.95. The van der Waals surface area contributed by atoms with Crippen LogP contribution in [0.4, 0.5) is 0 Å². The Labute approximate surface area is 97.8 Å². The van der Waals surface area contributed by atoms with Gasteiger partial charge < -0.3 is 9.15 Å². The van der Waals surface area contributed by atoms with Gasteiger partial charge in [-0.2, -0.15) is 0 Å². The zero-order chi connectivity index (χ0) is 12.4. The molecular weight excluding hydrogens is 220 g/mol. The van der Waals surface area contributed by atoms with E-state index in [1.165, 1.54) is 6.07 Å². The molecule has 17 heavy (non-hydrogen) atoms. The van der Waals surface area contributed by atoms with Gasteiger partial charge in [-0.25, -0.2) is 4.79 Å². The number of aryl methyl sites for hydroxylation is 1. The SMILES string of the molecule is Cc1cc(=O)oc2cc(O[C@@H](C)C=O)ccc12. The van der Waals surface area contributed by atoms with Crippen LogP contribution in [-0.2, 0) is 4.79 Å². The van der Waals surface area contributed by atoms with E-state index in [-0.39, 0.29) is 0 Å². The Hall–Kier alpha value is -2.10. The molecule has 0 fully saturated rings. The summed E-state index contributed by atoms with van der Waals surface area (Å²) in [5, 5.41) is 0.857. The topological polar surface area (TPSA) is 56.5 Å². The molecule has 1 atom stereocenters. The first-order chi connectivity index (χ1) is 8.10. The highest BCUT2D eigenvalue weighted by molar-refractivity contribution is 5.81. The van der Waals surface area contributed by atoms with Gasteiger partial charge in [0.25, 0.3) is 0 Å². The second-order valence-electron chi connectivity index (χ2n) is 3.87. The van der Waals surface area contributed by atoms with Crippen molar-refractivity contribution in [3.8, 4) is 5.75 Å². The number of hydrogen-bond donors (Lipinski definition) is 0. The van der Waals surface area contributed by atoms with Crippen LogP contribution in [0.1, 0.15) is 12.5 Å². The standard InChI is InChI=1S/C13H12O4/c1-8-5-13(15)17-12-6-10(3-4-11(8)12)16-9(2)7-14/h3-7,9H,1-2H3/t9-/m0/s1. The van der Waals surface area contributed by atoms with Crippen molar-refractivity contribution < 1.29 is 13.9 Å². The number of ether oxygens (including phenoxy) is 1. The van der Waals surface area contributed by atoms with Crippen LogP contribution < -0.4 is 10.4 Å². The van der Waals surface area contributed by atoms with Crippen molar-refractivity contribution >= 4 is 17.3 Å².